The Hall–Kier alpha value is -6.58. The van der Waals surface area contributed by atoms with Crippen molar-refractivity contribution in [3.63, 3.8) is 0 Å². The number of benzene rings is 7. The quantitative estimate of drug-likeness (QED) is 0.172. The van der Waals surface area contributed by atoms with Crippen LogP contribution in [0.1, 0.15) is 0 Å². The van der Waals surface area contributed by atoms with E-state index in [-0.39, 0.29) is 0 Å². The van der Waals surface area contributed by atoms with Crippen molar-refractivity contribution in [2.75, 3.05) is 4.90 Å². The van der Waals surface area contributed by atoms with Crippen LogP contribution in [0.4, 0.5) is 17.2 Å². The lowest BCUT2D eigenvalue weighted by Crippen LogP contribution is -2.11. The van der Waals surface area contributed by atoms with Gasteiger partial charge in [-0.1, -0.05) is 127 Å². The minimum absolute atomic E-state index is 0.836. The second-order valence-electron chi connectivity index (χ2n) is 12.2. The molecule has 0 N–H and O–H groups in total. The molecule has 0 unspecified atom stereocenters. The molecule has 2 heterocycles. The lowest BCUT2D eigenvalue weighted by molar-refractivity contribution is 1.16. The van der Waals surface area contributed by atoms with Gasteiger partial charge in [0.15, 0.2) is 0 Å². The highest BCUT2D eigenvalue weighted by Gasteiger charge is 2.22. The molecule has 2 aromatic heterocycles. The van der Waals surface area contributed by atoms with Crippen molar-refractivity contribution >= 4 is 49.5 Å². The number of hydrogen-bond donors (Lipinski definition) is 0. The molecule has 0 aliphatic rings. The smallest absolute Gasteiger partial charge is 0.137 e. The van der Waals surface area contributed by atoms with Crippen molar-refractivity contribution in [3.8, 4) is 33.4 Å². The van der Waals surface area contributed by atoms with Gasteiger partial charge in [0.05, 0.1) is 11.9 Å². The number of aromatic nitrogens is 2. The van der Waals surface area contributed by atoms with Gasteiger partial charge in [-0.3, -0.25) is 9.88 Å². The van der Waals surface area contributed by atoms with Gasteiger partial charge < -0.3 is 0 Å². The Balaban J connectivity index is 1.38. The van der Waals surface area contributed by atoms with E-state index in [1.54, 1.807) is 6.20 Å². The lowest BCUT2D eigenvalue weighted by atomic mass is 9.81. The Labute approximate surface area is 285 Å². The topological polar surface area (TPSA) is 29.0 Å². The fourth-order valence-electron chi connectivity index (χ4n) is 7.26. The largest absolute Gasteiger partial charge is 0.293 e. The maximum absolute atomic E-state index is 4.71. The molecule has 9 aromatic rings. The minimum Gasteiger partial charge on any atom is -0.293 e. The molecule has 0 aliphatic carbocycles. The third-order valence-electron chi connectivity index (χ3n) is 9.38. The average Bonchev–Trinajstić information content (AvgIpc) is 3.19. The van der Waals surface area contributed by atoms with E-state index < -0.39 is 0 Å². The van der Waals surface area contributed by atoms with Crippen molar-refractivity contribution in [1.29, 1.82) is 0 Å². The number of pyridine rings is 2. The Morgan fingerprint density at radius 3 is 1.59 bits per heavy atom. The molecule has 7 aromatic carbocycles. The first kappa shape index (κ1) is 28.6. The zero-order valence-electron chi connectivity index (χ0n) is 26.7. The van der Waals surface area contributed by atoms with Crippen molar-refractivity contribution in [1.82, 2.24) is 9.97 Å². The van der Waals surface area contributed by atoms with Crippen LogP contribution in [0.15, 0.2) is 188 Å². The van der Waals surface area contributed by atoms with Crippen LogP contribution < -0.4 is 4.90 Å². The summed E-state index contributed by atoms with van der Waals surface area (Å²) in [5, 5.41) is 7.55. The first-order chi connectivity index (χ1) is 24.3. The van der Waals surface area contributed by atoms with E-state index >= 15 is 0 Å². The third kappa shape index (κ3) is 5.00. The van der Waals surface area contributed by atoms with Gasteiger partial charge in [-0.2, -0.15) is 0 Å². The lowest BCUT2D eigenvalue weighted by Gasteiger charge is -2.25. The highest BCUT2D eigenvalue weighted by molar-refractivity contribution is 6.32. The van der Waals surface area contributed by atoms with Crippen LogP contribution in [0.25, 0.3) is 65.7 Å². The predicted octanol–water partition coefficient (Wildman–Crippen LogP) is 12.4. The summed E-state index contributed by atoms with van der Waals surface area (Å²) in [5.41, 5.74) is 9.16. The normalized spacial score (nSPS) is 11.3. The van der Waals surface area contributed by atoms with Crippen LogP contribution in [-0.2, 0) is 0 Å². The zero-order chi connectivity index (χ0) is 32.6. The van der Waals surface area contributed by atoms with Crippen molar-refractivity contribution in [3.05, 3.63) is 188 Å². The van der Waals surface area contributed by atoms with Crippen molar-refractivity contribution in [2.24, 2.45) is 0 Å². The standard InChI is InChI=1S/C46H31N3/c1-3-14-32(15-4-1)41-30-42(33-16-5-2-6-17-33)45-39-21-9-7-19-37(39)38-20-8-10-22-40(38)46(45)44(41)34-24-26-35(27-25-34)49(36-18-13-28-47-31-36)43-23-11-12-29-48-43/h1-31H. The van der Waals surface area contributed by atoms with Gasteiger partial charge in [0.1, 0.15) is 5.82 Å². The van der Waals surface area contributed by atoms with Gasteiger partial charge in [0.25, 0.3) is 0 Å². The molecule has 0 spiro atoms. The molecule has 9 rings (SSSR count). The van der Waals surface area contributed by atoms with E-state index in [0.29, 0.717) is 0 Å². The number of rotatable bonds is 6. The minimum atomic E-state index is 0.836. The van der Waals surface area contributed by atoms with Crippen LogP contribution in [0.5, 0.6) is 0 Å². The van der Waals surface area contributed by atoms with E-state index in [9.17, 15) is 0 Å². The molecule has 3 heteroatoms. The van der Waals surface area contributed by atoms with Crippen LogP contribution in [0, 0.1) is 0 Å². The van der Waals surface area contributed by atoms with E-state index in [1.807, 2.05) is 36.7 Å². The Morgan fingerprint density at radius 2 is 0.980 bits per heavy atom. The fraction of sp³-hybridized carbons (Fsp3) is 0. The summed E-state index contributed by atoms with van der Waals surface area (Å²) in [6.07, 6.45) is 5.50. The second-order valence-corrected chi connectivity index (χ2v) is 12.2. The SMILES string of the molecule is c1ccc(-c2cc(-c3ccccc3)c3c4ccccc4c4ccccc4c3c2-c2ccc(N(c3cccnc3)c3ccccn3)cc2)cc1. The van der Waals surface area contributed by atoms with Crippen LogP contribution in [0.2, 0.25) is 0 Å². The van der Waals surface area contributed by atoms with Crippen LogP contribution in [-0.4, -0.2) is 9.97 Å². The Bertz CT molecular complexity index is 2530. The molecule has 0 radical (unpaired) electrons. The van der Waals surface area contributed by atoms with Gasteiger partial charge >= 0.3 is 0 Å². The third-order valence-corrected chi connectivity index (χ3v) is 9.38. The first-order valence-electron chi connectivity index (χ1n) is 16.6. The number of hydrogen-bond acceptors (Lipinski definition) is 3. The summed E-state index contributed by atoms with van der Waals surface area (Å²) < 4.78 is 0. The van der Waals surface area contributed by atoms with E-state index in [1.165, 1.54) is 60.1 Å². The van der Waals surface area contributed by atoms with Gasteiger partial charge in [0.2, 0.25) is 0 Å². The highest BCUT2D eigenvalue weighted by atomic mass is 15.2. The second kappa shape index (κ2) is 12.2. The summed E-state index contributed by atoms with van der Waals surface area (Å²) in [6, 6.07) is 60.7. The highest BCUT2D eigenvalue weighted by Crippen LogP contribution is 2.49. The Morgan fingerprint density at radius 1 is 0.388 bits per heavy atom. The Kier molecular flexibility index (Phi) is 7.14. The van der Waals surface area contributed by atoms with Crippen LogP contribution in [0.3, 0.4) is 0 Å². The van der Waals surface area contributed by atoms with Gasteiger partial charge in [-0.25, -0.2) is 4.98 Å². The van der Waals surface area contributed by atoms with Crippen molar-refractivity contribution < 1.29 is 0 Å². The first-order valence-corrected chi connectivity index (χ1v) is 16.6. The van der Waals surface area contributed by atoms with E-state index in [4.69, 9.17) is 4.98 Å². The molecule has 230 valence electrons. The van der Waals surface area contributed by atoms with Crippen molar-refractivity contribution in [2.45, 2.75) is 0 Å². The maximum atomic E-state index is 4.71. The summed E-state index contributed by atoms with van der Waals surface area (Å²) >= 11 is 0. The fourth-order valence-corrected chi connectivity index (χ4v) is 7.26. The van der Waals surface area contributed by atoms with E-state index in [2.05, 4.69) is 155 Å². The molecule has 0 amide bonds. The van der Waals surface area contributed by atoms with Gasteiger partial charge in [-0.15, -0.1) is 0 Å². The molecular weight excluding hydrogens is 595 g/mol. The summed E-state index contributed by atoms with van der Waals surface area (Å²) in [4.78, 5) is 11.3. The molecular formula is C46H31N3. The van der Waals surface area contributed by atoms with Gasteiger partial charge in [-0.05, 0) is 108 Å². The number of anilines is 3. The van der Waals surface area contributed by atoms with Gasteiger partial charge in [0, 0.05) is 18.1 Å². The molecule has 0 atom stereocenters. The number of nitrogens with zero attached hydrogens (tertiary/aromatic N) is 3. The predicted molar refractivity (Wildman–Crippen MR) is 206 cm³/mol. The molecule has 0 fully saturated rings. The molecule has 49 heavy (non-hydrogen) atoms. The molecule has 0 aliphatic heterocycles. The summed E-state index contributed by atoms with van der Waals surface area (Å²) in [6.45, 7) is 0. The maximum Gasteiger partial charge on any atom is 0.137 e. The monoisotopic (exact) mass is 625 g/mol. The van der Waals surface area contributed by atoms with Crippen LogP contribution >= 0.6 is 0 Å². The van der Waals surface area contributed by atoms with E-state index in [0.717, 1.165) is 22.8 Å². The molecule has 0 saturated carbocycles. The molecule has 0 saturated heterocycles. The number of fused-ring (bicyclic) bond motifs is 6. The zero-order valence-corrected chi connectivity index (χ0v) is 26.7. The molecule has 0 bridgehead atoms. The summed E-state index contributed by atoms with van der Waals surface area (Å²) in [7, 11) is 0. The molecule has 3 nitrogen and oxygen atoms in total. The summed E-state index contributed by atoms with van der Waals surface area (Å²) in [5.74, 6) is 0.836. The average molecular weight is 626 g/mol.